The zero-order chi connectivity index (χ0) is 7.26. The Labute approximate surface area is 65.6 Å². The molecule has 0 bridgehead atoms. The first-order valence-corrected chi connectivity index (χ1v) is 4.04. The third-order valence-electron chi connectivity index (χ3n) is 2.66. The van der Waals surface area contributed by atoms with E-state index >= 15 is 0 Å². The summed E-state index contributed by atoms with van der Waals surface area (Å²) < 4.78 is 0. The maximum absolute atomic E-state index is 3.21. The summed E-state index contributed by atoms with van der Waals surface area (Å²) in [7, 11) is 0. The molecule has 0 amide bonds. The van der Waals surface area contributed by atoms with Crippen LogP contribution in [0.4, 0.5) is 0 Å². The number of hydrogen-bond acceptors (Lipinski definition) is 2. The van der Waals surface area contributed by atoms with Gasteiger partial charge >= 0.3 is 0 Å². The van der Waals surface area contributed by atoms with Crippen LogP contribution in [-0.2, 0) is 6.42 Å². The van der Waals surface area contributed by atoms with Gasteiger partial charge in [0.05, 0.1) is 6.04 Å². The van der Waals surface area contributed by atoms with Crippen LogP contribution >= 0.6 is 0 Å². The average molecular weight is 146 g/mol. The number of hydrogen-bond donors (Lipinski definition) is 2. The molecular formula is C9H10N2. The minimum Gasteiger partial charge on any atom is -0.252 e. The Morgan fingerprint density at radius 1 is 1.18 bits per heavy atom. The first kappa shape index (κ1) is 5.75. The van der Waals surface area contributed by atoms with E-state index < -0.39 is 0 Å². The van der Waals surface area contributed by atoms with Gasteiger partial charge in [0.2, 0.25) is 0 Å². The molecule has 1 saturated heterocycles. The molecule has 0 saturated carbocycles. The Morgan fingerprint density at radius 3 is 2.91 bits per heavy atom. The molecule has 2 aliphatic rings. The topological polar surface area (TPSA) is 24.1 Å². The summed E-state index contributed by atoms with van der Waals surface area (Å²) in [5, 5.41) is 0. The Bertz CT molecular complexity index is 295. The van der Waals surface area contributed by atoms with Crippen molar-refractivity contribution in [2.45, 2.75) is 18.5 Å². The zero-order valence-corrected chi connectivity index (χ0v) is 6.17. The van der Waals surface area contributed by atoms with Crippen LogP contribution in [0.1, 0.15) is 17.2 Å². The Balaban J connectivity index is 2.14. The molecule has 1 heterocycles. The molecule has 1 aliphatic heterocycles. The lowest BCUT2D eigenvalue weighted by Crippen LogP contribution is -2.59. The van der Waals surface area contributed by atoms with Gasteiger partial charge in [0.1, 0.15) is 0 Å². The zero-order valence-electron chi connectivity index (χ0n) is 6.17. The van der Waals surface area contributed by atoms with Gasteiger partial charge in [-0.15, -0.1) is 0 Å². The molecule has 0 unspecified atom stereocenters. The Kier molecular flexibility index (Phi) is 0.962. The van der Waals surface area contributed by atoms with Crippen molar-refractivity contribution in [2.75, 3.05) is 0 Å². The van der Waals surface area contributed by atoms with E-state index in [0.29, 0.717) is 12.1 Å². The van der Waals surface area contributed by atoms with Crippen LogP contribution in [0.25, 0.3) is 0 Å². The molecule has 1 aromatic rings. The fourth-order valence-corrected chi connectivity index (χ4v) is 2.01. The standard InChI is InChI=1S/C9H10N2/c1-2-4-7-6(3-1)5-8-9(7)11-10-8/h1-4,8-11H,5H2/t8-,9+/m0/s1. The predicted molar refractivity (Wildman–Crippen MR) is 42.9 cm³/mol. The van der Waals surface area contributed by atoms with E-state index in [-0.39, 0.29) is 0 Å². The van der Waals surface area contributed by atoms with Crippen molar-refractivity contribution in [3.05, 3.63) is 35.4 Å². The third kappa shape index (κ3) is 0.633. The van der Waals surface area contributed by atoms with Gasteiger partial charge in [-0.2, -0.15) is 0 Å². The van der Waals surface area contributed by atoms with Crippen LogP contribution < -0.4 is 10.9 Å². The van der Waals surface area contributed by atoms with Crippen LogP contribution in [0.15, 0.2) is 24.3 Å². The highest BCUT2D eigenvalue weighted by atomic mass is 15.5. The predicted octanol–water partition coefficient (Wildman–Crippen LogP) is 0.760. The quantitative estimate of drug-likeness (QED) is 0.564. The number of rotatable bonds is 0. The first-order chi connectivity index (χ1) is 5.45. The highest BCUT2D eigenvalue weighted by Gasteiger charge is 2.38. The molecule has 2 nitrogen and oxygen atoms in total. The fraction of sp³-hybridized carbons (Fsp3) is 0.333. The van der Waals surface area contributed by atoms with Crippen molar-refractivity contribution < 1.29 is 0 Å². The molecule has 2 heteroatoms. The second-order valence-corrected chi connectivity index (χ2v) is 3.28. The second kappa shape index (κ2) is 1.84. The van der Waals surface area contributed by atoms with Gasteiger partial charge in [-0.05, 0) is 17.5 Å². The van der Waals surface area contributed by atoms with Gasteiger partial charge < -0.3 is 0 Å². The molecule has 0 radical (unpaired) electrons. The number of hydrazine groups is 1. The summed E-state index contributed by atoms with van der Waals surface area (Å²) >= 11 is 0. The van der Waals surface area contributed by atoms with E-state index in [2.05, 4.69) is 35.1 Å². The SMILES string of the molecule is c1ccc2c(c1)C[C@@H]1NN[C@H]21. The maximum atomic E-state index is 3.21. The summed E-state index contributed by atoms with van der Waals surface area (Å²) in [4.78, 5) is 0. The maximum Gasteiger partial charge on any atom is 0.0635 e. The van der Waals surface area contributed by atoms with Crippen molar-refractivity contribution in [3.8, 4) is 0 Å². The molecule has 11 heavy (non-hydrogen) atoms. The minimum absolute atomic E-state index is 0.589. The molecule has 1 aliphatic carbocycles. The van der Waals surface area contributed by atoms with E-state index in [9.17, 15) is 0 Å². The molecule has 3 rings (SSSR count). The van der Waals surface area contributed by atoms with Crippen molar-refractivity contribution in [3.63, 3.8) is 0 Å². The fourth-order valence-electron chi connectivity index (χ4n) is 2.01. The van der Waals surface area contributed by atoms with Gasteiger partial charge in [-0.1, -0.05) is 24.3 Å². The van der Waals surface area contributed by atoms with E-state index in [1.807, 2.05) is 0 Å². The lowest BCUT2D eigenvalue weighted by Gasteiger charge is -2.33. The van der Waals surface area contributed by atoms with Gasteiger partial charge in [0, 0.05) is 6.04 Å². The van der Waals surface area contributed by atoms with Crippen LogP contribution in [-0.4, -0.2) is 6.04 Å². The molecule has 56 valence electrons. The van der Waals surface area contributed by atoms with E-state index in [1.165, 1.54) is 17.5 Å². The number of benzene rings is 1. The van der Waals surface area contributed by atoms with Gasteiger partial charge in [0.25, 0.3) is 0 Å². The summed E-state index contributed by atoms with van der Waals surface area (Å²) in [6.45, 7) is 0. The summed E-state index contributed by atoms with van der Waals surface area (Å²) in [6, 6.07) is 9.91. The van der Waals surface area contributed by atoms with Crippen molar-refractivity contribution in [1.82, 2.24) is 10.9 Å². The molecule has 1 fully saturated rings. The summed E-state index contributed by atoms with van der Waals surface area (Å²) in [5.74, 6) is 0. The molecule has 2 N–H and O–H groups in total. The molecule has 0 spiro atoms. The third-order valence-corrected chi connectivity index (χ3v) is 2.66. The number of fused-ring (bicyclic) bond motifs is 3. The smallest absolute Gasteiger partial charge is 0.0635 e. The van der Waals surface area contributed by atoms with E-state index in [4.69, 9.17) is 0 Å². The van der Waals surface area contributed by atoms with E-state index in [1.54, 1.807) is 0 Å². The second-order valence-electron chi connectivity index (χ2n) is 3.28. The van der Waals surface area contributed by atoms with E-state index in [0.717, 1.165) is 0 Å². The summed E-state index contributed by atoms with van der Waals surface area (Å²) in [5.41, 5.74) is 9.40. The Morgan fingerprint density at radius 2 is 2.09 bits per heavy atom. The lowest BCUT2D eigenvalue weighted by molar-refractivity contribution is 0.220. The van der Waals surface area contributed by atoms with Crippen LogP contribution in [0.3, 0.4) is 0 Å². The lowest BCUT2D eigenvalue weighted by atomic mass is 10.1. The average Bonchev–Trinajstić information content (AvgIpc) is 2.23. The molecule has 0 aromatic heterocycles. The van der Waals surface area contributed by atoms with Crippen LogP contribution in [0.2, 0.25) is 0 Å². The van der Waals surface area contributed by atoms with Crippen LogP contribution in [0.5, 0.6) is 0 Å². The monoisotopic (exact) mass is 146 g/mol. The largest absolute Gasteiger partial charge is 0.252 e. The van der Waals surface area contributed by atoms with Crippen molar-refractivity contribution >= 4 is 0 Å². The van der Waals surface area contributed by atoms with Crippen LogP contribution in [0, 0.1) is 0 Å². The van der Waals surface area contributed by atoms with Gasteiger partial charge in [-0.3, -0.25) is 5.43 Å². The highest BCUT2D eigenvalue weighted by molar-refractivity contribution is 5.38. The Hall–Kier alpha value is -0.860. The molecular weight excluding hydrogens is 136 g/mol. The minimum atomic E-state index is 0.589. The normalized spacial score (nSPS) is 32.4. The molecule has 1 aromatic carbocycles. The van der Waals surface area contributed by atoms with Gasteiger partial charge in [-0.25, -0.2) is 5.43 Å². The highest BCUT2D eigenvalue weighted by Crippen LogP contribution is 2.34. The first-order valence-electron chi connectivity index (χ1n) is 4.04. The summed E-state index contributed by atoms with van der Waals surface area (Å²) in [6.07, 6.45) is 1.19. The number of nitrogens with one attached hydrogen (secondary N) is 2. The van der Waals surface area contributed by atoms with Gasteiger partial charge in [0.15, 0.2) is 0 Å². The van der Waals surface area contributed by atoms with Crippen molar-refractivity contribution in [1.29, 1.82) is 0 Å². The van der Waals surface area contributed by atoms with Crippen molar-refractivity contribution in [2.24, 2.45) is 0 Å². The molecule has 2 atom stereocenters.